The fourth-order valence-electron chi connectivity index (χ4n) is 2.88. The lowest BCUT2D eigenvalue weighted by atomic mass is 10.0. The highest BCUT2D eigenvalue weighted by atomic mass is 79.9. The molecule has 1 aliphatic rings. The number of hydrogen-bond acceptors (Lipinski definition) is 4. The Bertz CT molecular complexity index is 1050. The number of nitrogens with zero attached hydrogens (tertiary/aromatic N) is 3. The van der Waals surface area contributed by atoms with Gasteiger partial charge in [-0.1, -0.05) is 63.0 Å². The standard InChI is InChI=1S/C20H16BrClN4O2/c21-15-6-3-5-13(10-15)17-11-18(28-25-17)20(27)23-19-8-9-26(24-19)12-14-4-1-2-7-16(14)22/h1-10,18H,11-12H2,(H,23,24,27). The van der Waals surface area contributed by atoms with Gasteiger partial charge in [0.05, 0.1) is 12.3 Å². The normalized spacial score (nSPS) is 15.8. The van der Waals surface area contributed by atoms with E-state index in [-0.39, 0.29) is 5.91 Å². The molecule has 8 heteroatoms. The molecule has 0 spiro atoms. The minimum atomic E-state index is -0.678. The number of halogens is 2. The van der Waals surface area contributed by atoms with Crippen molar-refractivity contribution < 1.29 is 9.63 Å². The summed E-state index contributed by atoms with van der Waals surface area (Å²) in [5, 5.41) is 11.9. The molecule has 1 atom stereocenters. The average Bonchev–Trinajstić information content (AvgIpc) is 3.33. The zero-order valence-electron chi connectivity index (χ0n) is 14.7. The molecule has 3 aromatic rings. The highest BCUT2D eigenvalue weighted by molar-refractivity contribution is 9.10. The average molecular weight is 460 g/mol. The van der Waals surface area contributed by atoms with E-state index in [0.29, 0.717) is 23.8 Å². The summed E-state index contributed by atoms with van der Waals surface area (Å²) in [6.45, 7) is 0.519. The van der Waals surface area contributed by atoms with Crippen LogP contribution < -0.4 is 5.32 Å². The van der Waals surface area contributed by atoms with Gasteiger partial charge in [-0.3, -0.25) is 9.48 Å². The summed E-state index contributed by atoms with van der Waals surface area (Å²) < 4.78 is 2.67. The Morgan fingerprint density at radius 1 is 1.25 bits per heavy atom. The van der Waals surface area contributed by atoms with Crippen LogP contribution in [0.2, 0.25) is 5.02 Å². The molecule has 6 nitrogen and oxygen atoms in total. The molecule has 0 saturated heterocycles. The van der Waals surface area contributed by atoms with Crippen LogP contribution in [0, 0.1) is 0 Å². The van der Waals surface area contributed by atoms with Gasteiger partial charge in [-0.2, -0.15) is 5.10 Å². The highest BCUT2D eigenvalue weighted by Crippen LogP contribution is 2.21. The lowest BCUT2D eigenvalue weighted by Gasteiger charge is -2.08. The first-order valence-electron chi connectivity index (χ1n) is 8.65. The second kappa shape index (κ2) is 8.16. The van der Waals surface area contributed by atoms with Crippen molar-refractivity contribution in [1.82, 2.24) is 9.78 Å². The first-order chi connectivity index (χ1) is 13.6. The lowest BCUT2D eigenvalue weighted by Crippen LogP contribution is -2.28. The summed E-state index contributed by atoms with van der Waals surface area (Å²) >= 11 is 9.62. The monoisotopic (exact) mass is 458 g/mol. The first-order valence-corrected chi connectivity index (χ1v) is 9.82. The SMILES string of the molecule is O=C(Nc1ccn(Cc2ccccc2Cl)n1)C1CC(c2cccc(Br)c2)=NO1. The van der Waals surface area contributed by atoms with Gasteiger partial charge in [0.15, 0.2) is 5.82 Å². The minimum Gasteiger partial charge on any atom is -0.382 e. The van der Waals surface area contributed by atoms with Crippen molar-refractivity contribution in [2.24, 2.45) is 5.16 Å². The third kappa shape index (κ3) is 4.26. The van der Waals surface area contributed by atoms with Crippen molar-refractivity contribution >= 4 is 45.0 Å². The minimum absolute atomic E-state index is 0.281. The van der Waals surface area contributed by atoms with Crippen LogP contribution in [-0.4, -0.2) is 27.5 Å². The summed E-state index contributed by atoms with van der Waals surface area (Å²) in [6, 6.07) is 17.0. The van der Waals surface area contributed by atoms with Gasteiger partial charge in [0, 0.05) is 33.7 Å². The summed E-state index contributed by atoms with van der Waals surface area (Å²) in [7, 11) is 0. The van der Waals surface area contributed by atoms with Gasteiger partial charge in [-0.05, 0) is 23.8 Å². The molecule has 1 aliphatic heterocycles. The summed E-state index contributed by atoms with van der Waals surface area (Å²) in [5.41, 5.74) is 2.62. The molecule has 0 fully saturated rings. The maximum absolute atomic E-state index is 12.5. The molecule has 1 unspecified atom stereocenters. The third-order valence-corrected chi connectivity index (χ3v) is 5.16. The molecule has 2 aromatic carbocycles. The molecule has 142 valence electrons. The maximum Gasteiger partial charge on any atom is 0.269 e. The predicted octanol–water partition coefficient (Wildman–Crippen LogP) is 4.48. The molecular formula is C20H16BrClN4O2. The Hall–Kier alpha value is -2.64. The van der Waals surface area contributed by atoms with Crippen molar-refractivity contribution in [2.75, 3.05) is 5.32 Å². The first kappa shape index (κ1) is 18.7. The van der Waals surface area contributed by atoms with E-state index in [0.717, 1.165) is 21.3 Å². The number of nitrogens with one attached hydrogen (secondary N) is 1. The van der Waals surface area contributed by atoms with Crippen molar-refractivity contribution in [3.8, 4) is 0 Å². The number of amides is 1. The van der Waals surface area contributed by atoms with Gasteiger partial charge in [0.2, 0.25) is 6.10 Å². The summed E-state index contributed by atoms with van der Waals surface area (Å²) in [4.78, 5) is 17.8. The fraction of sp³-hybridized carbons (Fsp3) is 0.150. The Morgan fingerprint density at radius 2 is 2.11 bits per heavy atom. The zero-order chi connectivity index (χ0) is 19.5. The smallest absolute Gasteiger partial charge is 0.269 e. The van der Waals surface area contributed by atoms with Crippen LogP contribution in [0.5, 0.6) is 0 Å². The number of hydrogen-bond donors (Lipinski definition) is 1. The van der Waals surface area contributed by atoms with Crippen molar-refractivity contribution in [1.29, 1.82) is 0 Å². The largest absolute Gasteiger partial charge is 0.382 e. The van der Waals surface area contributed by atoms with Gasteiger partial charge in [0.25, 0.3) is 5.91 Å². The summed E-state index contributed by atoms with van der Waals surface area (Å²) in [6.07, 6.45) is 1.52. The highest BCUT2D eigenvalue weighted by Gasteiger charge is 2.29. The van der Waals surface area contributed by atoms with Crippen LogP contribution in [0.25, 0.3) is 0 Å². The Balaban J connectivity index is 1.36. The van der Waals surface area contributed by atoms with Gasteiger partial charge < -0.3 is 10.2 Å². The molecule has 2 heterocycles. The molecule has 0 aliphatic carbocycles. The Labute approximate surface area is 175 Å². The van der Waals surface area contributed by atoms with Crippen molar-refractivity contribution in [3.05, 3.63) is 81.4 Å². The molecule has 4 rings (SSSR count). The topological polar surface area (TPSA) is 68.5 Å². The van der Waals surface area contributed by atoms with Crippen molar-refractivity contribution in [3.63, 3.8) is 0 Å². The van der Waals surface area contributed by atoms with Crippen molar-refractivity contribution in [2.45, 2.75) is 19.1 Å². The Kier molecular flexibility index (Phi) is 5.45. The van der Waals surface area contributed by atoms with E-state index in [9.17, 15) is 4.79 Å². The number of carbonyl (C=O) groups is 1. The van der Waals surface area contributed by atoms with E-state index in [1.54, 1.807) is 16.9 Å². The molecule has 0 bridgehead atoms. The number of anilines is 1. The van der Waals surface area contributed by atoms with E-state index < -0.39 is 6.10 Å². The van der Waals surface area contributed by atoms with E-state index in [2.05, 4.69) is 31.5 Å². The molecular weight excluding hydrogens is 444 g/mol. The molecule has 1 amide bonds. The quantitative estimate of drug-likeness (QED) is 0.612. The lowest BCUT2D eigenvalue weighted by molar-refractivity contribution is -0.125. The van der Waals surface area contributed by atoms with E-state index in [1.165, 1.54) is 0 Å². The summed E-state index contributed by atoms with van der Waals surface area (Å²) in [5.74, 6) is 0.174. The number of benzene rings is 2. The zero-order valence-corrected chi connectivity index (χ0v) is 17.0. The maximum atomic E-state index is 12.5. The molecule has 0 saturated carbocycles. The second-order valence-corrected chi connectivity index (χ2v) is 7.65. The number of rotatable bonds is 5. The van der Waals surface area contributed by atoms with Gasteiger partial charge in [-0.15, -0.1) is 0 Å². The van der Waals surface area contributed by atoms with Gasteiger partial charge in [-0.25, -0.2) is 0 Å². The van der Waals surface area contributed by atoms with Crippen LogP contribution >= 0.6 is 27.5 Å². The molecule has 28 heavy (non-hydrogen) atoms. The van der Waals surface area contributed by atoms with Crippen LogP contribution in [-0.2, 0) is 16.2 Å². The number of oxime groups is 1. The van der Waals surface area contributed by atoms with E-state index >= 15 is 0 Å². The number of carbonyl (C=O) groups excluding carboxylic acids is 1. The number of aromatic nitrogens is 2. The van der Waals surface area contributed by atoms with Gasteiger partial charge >= 0.3 is 0 Å². The molecule has 1 N–H and O–H groups in total. The Morgan fingerprint density at radius 3 is 2.93 bits per heavy atom. The predicted molar refractivity (Wildman–Crippen MR) is 112 cm³/mol. The van der Waals surface area contributed by atoms with Gasteiger partial charge in [0.1, 0.15) is 0 Å². The van der Waals surface area contributed by atoms with Crippen LogP contribution in [0.3, 0.4) is 0 Å². The van der Waals surface area contributed by atoms with Crippen LogP contribution in [0.1, 0.15) is 17.5 Å². The van der Waals surface area contributed by atoms with E-state index in [4.69, 9.17) is 16.4 Å². The third-order valence-electron chi connectivity index (χ3n) is 4.30. The van der Waals surface area contributed by atoms with E-state index in [1.807, 2.05) is 48.5 Å². The second-order valence-electron chi connectivity index (χ2n) is 6.33. The molecule has 1 aromatic heterocycles. The van der Waals surface area contributed by atoms with Crippen LogP contribution in [0.15, 0.2) is 70.4 Å². The molecule has 0 radical (unpaired) electrons. The fourth-order valence-corrected chi connectivity index (χ4v) is 3.48. The van der Waals surface area contributed by atoms with Crippen LogP contribution in [0.4, 0.5) is 5.82 Å².